The van der Waals surface area contributed by atoms with Gasteiger partial charge in [0.05, 0.1) is 45.0 Å². The lowest BCUT2D eigenvalue weighted by molar-refractivity contribution is -0.364. The molecule has 8 rings (SSSR count). The highest BCUT2D eigenvalue weighted by atomic mass is 16.8. The highest BCUT2D eigenvalue weighted by molar-refractivity contribution is 5.79. The molecule has 10 atom stereocenters. The van der Waals surface area contributed by atoms with Gasteiger partial charge in [0.2, 0.25) is 12.5 Å². The molecule has 300 valence electrons. The predicted octanol–water partition coefficient (Wildman–Crippen LogP) is 3.24. The standard InChI is InChI=1S/C42H42O15/c1-6-11-48-27-9-8-10-28(49-12-7-2)25(27)17-51-39-31(46-4)13-22(14-32(39)47-5)34-23-15-29-30(54-20-53-29)16-24(23)38(26-18-52-41(45)35(26)34)57-42-37(44)36(43)40-33(56-42)19-50-21(3)55-40/h1-2,8-10,13-16,21,26,33-38,40,42-44H,11-12,17-20H2,3-5H3/t21-,26+,33-,34-,35+,36-,37-,38-,40-,42+/m1/s1. The largest absolute Gasteiger partial charge is 0.493 e. The molecule has 15 heteroatoms. The number of hydrogen-bond donors (Lipinski definition) is 2. The first kappa shape index (κ1) is 38.5. The molecule has 5 aliphatic rings. The number of esters is 1. The SMILES string of the molecule is C#CCOc1cccc(OCC#C)c1COc1c(OC)cc([C@@H]2c3cc4c(cc3[C@@H](O[C@@H]3O[C@@H]5CO[C@@H](C)O[C@H]5[C@H](O)[C@H]3O)[C@H]3COC(=O)[C@H]23)OCO4)cc1OC. The Bertz CT molecular complexity index is 2010. The summed E-state index contributed by atoms with van der Waals surface area (Å²) >= 11 is 0. The second-order valence-electron chi connectivity index (χ2n) is 14.0. The van der Waals surface area contributed by atoms with E-state index >= 15 is 0 Å². The molecule has 3 fully saturated rings. The van der Waals surface area contributed by atoms with E-state index in [0.717, 1.165) is 0 Å². The van der Waals surface area contributed by atoms with Crippen LogP contribution >= 0.6 is 0 Å². The molecule has 4 aliphatic heterocycles. The second kappa shape index (κ2) is 16.2. The zero-order valence-electron chi connectivity index (χ0n) is 31.4. The van der Waals surface area contributed by atoms with Gasteiger partial charge in [-0.2, -0.15) is 0 Å². The average molecular weight is 787 g/mol. The first-order valence-electron chi connectivity index (χ1n) is 18.4. The molecule has 0 bridgehead atoms. The van der Waals surface area contributed by atoms with E-state index in [1.54, 1.807) is 37.3 Å². The highest BCUT2D eigenvalue weighted by Crippen LogP contribution is 2.57. The van der Waals surface area contributed by atoms with Crippen LogP contribution in [0, 0.1) is 36.5 Å². The number of aliphatic hydroxyl groups excluding tert-OH is 2. The fraction of sp³-hybridized carbons (Fsp3) is 0.452. The van der Waals surface area contributed by atoms with E-state index in [0.29, 0.717) is 56.8 Å². The van der Waals surface area contributed by atoms with Gasteiger partial charge in [-0.15, -0.1) is 12.8 Å². The number of terminal acetylenes is 2. The van der Waals surface area contributed by atoms with Gasteiger partial charge in [0, 0.05) is 11.8 Å². The average Bonchev–Trinajstić information content (AvgIpc) is 3.85. The molecule has 0 saturated carbocycles. The van der Waals surface area contributed by atoms with Gasteiger partial charge in [-0.1, -0.05) is 17.9 Å². The van der Waals surface area contributed by atoms with E-state index in [1.165, 1.54) is 14.2 Å². The minimum absolute atomic E-state index is 0.00151. The summed E-state index contributed by atoms with van der Waals surface area (Å²) in [5, 5.41) is 22.3. The van der Waals surface area contributed by atoms with Crippen LogP contribution < -0.4 is 33.2 Å². The molecule has 0 aromatic heterocycles. The molecule has 3 aromatic carbocycles. The van der Waals surface area contributed by atoms with Crippen LogP contribution in [0.15, 0.2) is 42.5 Å². The molecule has 0 spiro atoms. The van der Waals surface area contributed by atoms with E-state index in [9.17, 15) is 15.0 Å². The van der Waals surface area contributed by atoms with E-state index in [-0.39, 0.29) is 45.6 Å². The van der Waals surface area contributed by atoms with Crippen molar-refractivity contribution in [2.24, 2.45) is 11.8 Å². The summed E-state index contributed by atoms with van der Waals surface area (Å²) in [6.07, 6.45) is 3.89. The number of carbonyl (C=O) groups is 1. The third-order valence-corrected chi connectivity index (χ3v) is 10.8. The van der Waals surface area contributed by atoms with Gasteiger partial charge in [-0.05, 0) is 60.0 Å². The zero-order valence-corrected chi connectivity index (χ0v) is 31.4. The molecule has 3 aromatic rings. The van der Waals surface area contributed by atoms with Crippen LogP contribution in [0.5, 0.6) is 40.2 Å². The normalized spacial score (nSPS) is 29.4. The maximum absolute atomic E-state index is 13.8. The summed E-state index contributed by atoms with van der Waals surface area (Å²) in [5.74, 6) is 5.28. The number of aliphatic hydroxyl groups is 2. The number of ether oxygens (including phenoxy) is 12. The summed E-state index contributed by atoms with van der Waals surface area (Å²) in [4.78, 5) is 13.8. The van der Waals surface area contributed by atoms with Crippen LogP contribution in [0.1, 0.15) is 41.2 Å². The van der Waals surface area contributed by atoms with Crippen molar-refractivity contribution in [2.45, 2.75) is 62.5 Å². The van der Waals surface area contributed by atoms with Crippen LogP contribution in [0.2, 0.25) is 0 Å². The molecule has 4 heterocycles. The van der Waals surface area contributed by atoms with E-state index < -0.39 is 66.8 Å². The summed E-state index contributed by atoms with van der Waals surface area (Å²) < 4.78 is 71.2. The van der Waals surface area contributed by atoms with E-state index in [4.69, 9.17) is 69.7 Å². The molecular weight excluding hydrogens is 744 g/mol. The second-order valence-corrected chi connectivity index (χ2v) is 14.0. The van der Waals surface area contributed by atoms with Crippen molar-refractivity contribution < 1.29 is 71.8 Å². The van der Waals surface area contributed by atoms with Crippen LogP contribution in [-0.2, 0) is 35.1 Å². The molecule has 2 N–H and O–H groups in total. The van der Waals surface area contributed by atoms with Gasteiger partial charge in [0.1, 0.15) is 55.7 Å². The monoisotopic (exact) mass is 786 g/mol. The van der Waals surface area contributed by atoms with Gasteiger partial charge in [0.15, 0.2) is 35.6 Å². The van der Waals surface area contributed by atoms with Crippen molar-refractivity contribution >= 4 is 5.97 Å². The van der Waals surface area contributed by atoms with Gasteiger partial charge >= 0.3 is 5.97 Å². The third kappa shape index (κ3) is 7.12. The molecule has 15 nitrogen and oxygen atoms in total. The lowest BCUT2D eigenvalue weighted by Crippen LogP contribution is -2.63. The Hall–Kier alpha value is -5.39. The molecule has 1 aliphatic carbocycles. The van der Waals surface area contributed by atoms with Crippen molar-refractivity contribution in [1.82, 2.24) is 0 Å². The fourth-order valence-electron chi connectivity index (χ4n) is 8.21. The van der Waals surface area contributed by atoms with Gasteiger partial charge in [-0.3, -0.25) is 4.79 Å². The Morgan fingerprint density at radius 1 is 0.825 bits per heavy atom. The van der Waals surface area contributed by atoms with Crippen LogP contribution in [0.25, 0.3) is 0 Å². The van der Waals surface area contributed by atoms with Crippen molar-refractivity contribution in [3.63, 3.8) is 0 Å². The first-order chi connectivity index (χ1) is 27.7. The number of hydrogen-bond acceptors (Lipinski definition) is 15. The summed E-state index contributed by atoms with van der Waals surface area (Å²) in [5.41, 5.74) is 2.54. The topological polar surface area (TPSA) is 168 Å². The van der Waals surface area contributed by atoms with Crippen molar-refractivity contribution in [1.29, 1.82) is 0 Å². The number of benzene rings is 3. The summed E-state index contributed by atoms with van der Waals surface area (Å²) in [7, 11) is 3.00. The van der Waals surface area contributed by atoms with Gasteiger partial charge in [-0.25, -0.2) is 0 Å². The number of carbonyl (C=O) groups excluding carboxylic acids is 1. The third-order valence-electron chi connectivity index (χ3n) is 10.8. The molecular formula is C42H42O15. The lowest BCUT2D eigenvalue weighted by atomic mass is 9.66. The lowest BCUT2D eigenvalue weighted by Gasteiger charge is -2.47. The maximum atomic E-state index is 13.8. The van der Waals surface area contributed by atoms with Crippen molar-refractivity contribution in [3.05, 3.63) is 64.7 Å². The molecule has 0 amide bonds. The Morgan fingerprint density at radius 3 is 2.14 bits per heavy atom. The quantitative estimate of drug-likeness (QED) is 0.203. The molecule has 3 saturated heterocycles. The fourth-order valence-corrected chi connectivity index (χ4v) is 8.21. The Morgan fingerprint density at radius 2 is 1.49 bits per heavy atom. The van der Waals surface area contributed by atoms with Gasteiger partial charge < -0.3 is 67.1 Å². The number of rotatable bonds is 12. The van der Waals surface area contributed by atoms with Crippen LogP contribution in [0.4, 0.5) is 0 Å². The Kier molecular flexibility index (Phi) is 11.0. The number of methoxy groups -OCH3 is 2. The number of fused-ring (bicyclic) bond motifs is 4. The van der Waals surface area contributed by atoms with Crippen LogP contribution in [-0.4, -0.2) is 101 Å². The highest BCUT2D eigenvalue weighted by Gasteiger charge is 2.56. The van der Waals surface area contributed by atoms with E-state index in [2.05, 4.69) is 11.8 Å². The van der Waals surface area contributed by atoms with Gasteiger partial charge in [0.25, 0.3) is 0 Å². The summed E-state index contributed by atoms with van der Waals surface area (Å²) in [6, 6.07) is 12.4. The Balaban J connectivity index is 1.16. The first-order valence-corrected chi connectivity index (χ1v) is 18.4. The zero-order chi connectivity index (χ0) is 39.8. The molecule has 0 unspecified atom stereocenters. The predicted molar refractivity (Wildman–Crippen MR) is 196 cm³/mol. The Labute approximate surface area is 328 Å². The minimum atomic E-state index is -1.47. The van der Waals surface area contributed by atoms with Crippen LogP contribution in [0.3, 0.4) is 0 Å². The molecule has 0 radical (unpaired) electrons. The molecule has 57 heavy (non-hydrogen) atoms. The minimum Gasteiger partial charge on any atom is -0.493 e. The smallest absolute Gasteiger partial charge is 0.310 e. The van der Waals surface area contributed by atoms with Crippen molar-refractivity contribution in [2.75, 3.05) is 47.4 Å². The maximum Gasteiger partial charge on any atom is 0.310 e. The number of cyclic esters (lactones) is 1. The van der Waals surface area contributed by atoms with Crippen molar-refractivity contribution in [3.8, 4) is 64.9 Å². The van der Waals surface area contributed by atoms with E-state index in [1.807, 2.05) is 12.1 Å². The summed E-state index contributed by atoms with van der Waals surface area (Å²) in [6.45, 7) is 1.85.